The minimum absolute atomic E-state index is 0.0408. The number of nitrogens with zero attached hydrogens (tertiary/aromatic N) is 1. The summed E-state index contributed by atoms with van der Waals surface area (Å²) in [6, 6.07) is 15.9. The fourth-order valence-electron chi connectivity index (χ4n) is 2.00. The number of benzene rings is 2. The molecule has 0 atom stereocenters. The van der Waals surface area contributed by atoms with Crippen molar-refractivity contribution in [3.63, 3.8) is 0 Å². The van der Waals surface area contributed by atoms with Crippen LogP contribution in [0.1, 0.15) is 11.1 Å². The van der Waals surface area contributed by atoms with Crippen LogP contribution >= 0.6 is 23.5 Å². The molecule has 0 radical (unpaired) electrons. The van der Waals surface area contributed by atoms with Gasteiger partial charge in [-0.15, -0.1) is 23.5 Å². The molecule has 0 bridgehead atoms. The number of thioether (sulfide) groups is 2. The zero-order chi connectivity index (χ0) is 16.7. The summed E-state index contributed by atoms with van der Waals surface area (Å²) in [4.78, 5) is 14.2. The molecule has 23 heavy (non-hydrogen) atoms. The molecule has 1 amide bonds. The van der Waals surface area contributed by atoms with Crippen LogP contribution < -0.4 is 5.32 Å². The molecule has 0 unspecified atom stereocenters. The van der Waals surface area contributed by atoms with Gasteiger partial charge in [0.05, 0.1) is 23.3 Å². The van der Waals surface area contributed by atoms with E-state index in [1.807, 2.05) is 38.1 Å². The molecule has 0 aliphatic carbocycles. The summed E-state index contributed by atoms with van der Waals surface area (Å²) in [7, 11) is 0. The molecule has 0 saturated heterocycles. The van der Waals surface area contributed by atoms with Crippen molar-refractivity contribution in [3.05, 3.63) is 53.6 Å². The topological polar surface area (TPSA) is 52.9 Å². The maximum Gasteiger partial charge on any atom is 0.234 e. The predicted octanol–water partition coefficient (Wildman–Crippen LogP) is 4.65. The van der Waals surface area contributed by atoms with Crippen molar-refractivity contribution < 1.29 is 4.79 Å². The molecular weight excluding hydrogens is 324 g/mol. The van der Waals surface area contributed by atoms with E-state index in [1.54, 1.807) is 11.8 Å². The lowest BCUT2D eigenvalue weighted by atomic mass is 10.2. The lowest BCUT2D eigenvalue weighted by Gasteiger charge is -2.10. The molecule has 2 aromatic rings. The fourth-order valence-corrected chi connectivity index (χ4v) is 3.59. The maximum absolute atomic E-state index is 12.2. The molecule has 0 spiro atoms. The highest BCUT2D eigenvalue weighted by Crippen LogP contribution is 2.28. The zero-order valence-electron chi connectivity index (χ0n) is 13.1. The number of para-hydroxylation sites is 1. The molecule has 2 rings (SSSR count). The van der Waals surface area contributed by atoms with E-state index < -0.39 is 0 Å². The van der Waals surface area contributed by atoms with Crippen LogP contribution in [0.5, 0.6) is 0 Å². The first-order chi connectivity index (χ1) is 11.1. The minimum atomic E-state index is -0.0408. The van der Waals surface area contributed by atoms with Crippen LogP contribution in [-0.4, -0.2) is 17.4 Å². The van der Waals surface area contributed by atoms with Crippen molar-refractivity contribution in [1.29, 1.82) is 5.26 Å². The Hall–Kier alpha value is -1.90. The number of rotatable bonds is 6. The fraction of sp³-hybridized carbons (Fsp3) is 0.222. The number of carbonyl (C=O) groups is 1. The highest BCUT2D eigenvalue weighted by Gasteiger charge is 2.09. The van der Waals surface area contributed by atoms with Gasteiger partial charge in [0.2, 0.25) is 5.91 Å². The van der Waals surface area contributed by atoms with E-state index in [-0.39, 0.29) is 5.91 Å². The molecule has 0 aliphatic rings. The molecule has 5 heteroatoms. The predicted molar refractivity (Wildman–Crippen MR) is 98.0 cm³/mol. The molecule has 0 fully saturated rings. The third kappa shape index (κ3) is 5.34. The van der Waals surface area contributed by atoms with Gasteiger partial charge in [0.1, 0.15) is 0 Å². The first-order valence-corrected chi connectivity index (χ1v) is 9.16. The van der Waals surface area contributed by atoms with Crippen LogP contribution in [0.3, 0.4) is 0 Å². The Bertz CT molecular complexity index is 738. The second-order valence-corrected chi connectivity index (χ2v) is 7.08. The number of anilines is 1. The molecule has 0 aromatic heterocycles. The Kier molecular flexibility index (Phi) is 6.57. The Morgan fingerprint density at radius 3 is 2.70 bits per heavy atom. The van der Waals surface area contributed by atoms with Gasteiger partial charge in [-0.25, -0.2) is 0 Å². The second-order valence-electron chi connectivity index (χ2n) is 5.05. The Morgan fingerprint density at radius 2 is 1.91 bits per heavy atom. The molecule has 0 aliphatic heterocycles. The third-order valence-electron chi connectivity index (χ3n) is 3.16. The smallest absolute Gasteiger partial charge is 0.234 e. The molecule has 2 aromatic carbocycles. The van der Waals surface area contributed by atoms with E-state index in [0.29, 0.717) is 11.5 Å². The number of nitrogens with one attached hydrogen (secondary N) is 1. The summed E-state index contributed by atoms with van der Waals surface area (Å²) in [5, 5.41) is 11.6. The summed E-state index contributed by atoms with van der Waals surface area (Å²) >= 11 is 2.97. The van der Waals surface area contributed by atoms with Crippen LogP contribution in [0.15, 0.2) is 52.3 Å². The summed E-state index contributed by atoms with van der Waals surface area (Å²) < 4.78 is 0. The van der Waals surface area contributed by atoms with Gasteiger partial charge in [-0.05, 0) is 37.6 Å². The standard InChI is InChI=1S/C18H18N2OS2/c1-13-7-8-14(2)17(11-13)23-12-18(21)20-15-5-3-4-6-16(15)22-10-9-19/h3-8,11H,10,12H2,1-2H3,(H,20,21). The third-order valence-corrected chi connectivity index (χ3v) is 5.25. The molecule has 118 valence electrons. The molecule has 1 N–H and O–H groups in total. The monoisotopic (exact) mass is 342 g/mol. The van der Waals surface area contributed by atoms with Crippen molar-refractivity contribution in [2.24, 2.45) is 0 Å². The summed E-state index contributed by atoms with van der Waals surface area (Å²) in [5.41, 5.74) is 3.13. The average molecular weight is 342 g/mol. The van der Waals surface area contributed by atoms with E-state index in [0.717, 1.165) is 15.5 Å². The largest absolute Gasteiger partial charge is 0.324 e. The highest BCUT2D eigenvalue weighted by molar-refractivity contribution is 8.00. The molecular formula is C18H18N2OS2. The van der Waals surface area contributed by atoms with Crippen molar-refractivity contribution >= 4 is 35.1 Å². The maximum atomic E-state index is 12.2. The Balaban J connectivity index is 1.97. The van der Waals surface area contributed by atoms with Crippen LogP contribution in [0, 0.1) is 25.2 Å². The van der Waals surface area contributed by atoms with E-state index in [9.17, 15) is 4.79 Å². The number of hydrogen-bond donors (Lipinski definition) is 1. The zero-order valence-corrected chi connectivity index (χ0v) is 14.8. The van der Waals surface area contributed by atoms with Crippen LogP contribution in [0.2, 0.25) is 0 Å². The molecule has 3 nitrogen and oxygen atoms in total. The average Bonchev–Trinajstić information content (AvgIpc) is 2.55. The van der Waals surface area contributed by atoms with Gasteiger partial charge in [-0.1, -0.05) is 29.8 Å². The Morgan fingerprint density at radius 1 is 1.13 bits per heavy atom. The van der Waals surface area contributed by atoms with Gasteiger partial charge < -0.3 is 5.32 Å². The highest BCUT2D eigenvalue weighted by atomic mass is 32.2. The normalized spacial score (nSPS) is 10.1. The first-order valence-electron chi connectivity index (χ1n) is 7.19. The van der Waals surface area contributed by atoms with Gasteiger partial charge in [-0.2, -0.15) is 5.26 Å². The van der Waals surface area contributed by atoms with Gasteiger partial charge in [-0.3, -0.25) is 4.79 Å². The van der Waals surface area contributed by atoms with Gasteiger partial charge >= 0.3 is 0 Å². The van der Waals surface area contributed by atoms with E-state index >= 15 is 0 Å². The van der Waals surface area contributed by atoms with E-state index in [2.05, 4.69) is 29.6 Å². The van der Waals surface area contributed by atoms with Crippen LogP contribution in [0.4, 0.5) is 5.69 Å². The minimum Gasteiger partial charge on any atom is -0.324 e. The van der Waals surface area contributed by atoms with Crippen molar-refractivity contribution in [2.75, 3.05) is 16.8 Å². The SMILES string of the molecule is Cc1ccc(C)c(SCC(=O)Nc2ccccc2SCC#N)c1. The number of nitriles is 1. The summed E-state index contributed by atoms with van der Waals surface area (Å²) in [6.07, 6.45) is 0. The van der Waals surface area contributed by atoms with Gasteiger partial charge in [0, 0.05) is 9.79 Å². The van der Waals surface area contributed by atoms with Crippen molar-refractivity contribution in [2.45, 2.75) is 23.6 Å². The van der Waals surface area contributed by atoms with Crippen molar-refractivity contribution in [1.82, 2.24) is 0 Å². The van der Waals surface area contributed by atoms with Crippen molar-refractivity contribution in [3.8, 4) is 6.07 Å². The number of amides is 1. The van der Waals surface area contributed by atoms with Gasteiger partial charge in [0.25, 0.3) is 0 Å². The van der Waals surface area contributed by atoms with Gasteiger partial charge in [0.15, 0.2) is 0 Å². The van der Waals surface area contributed by atoms with Crippen LogP contribution in [-0.2, 0) is 4.79 Å². The lowest BCUT2D eigenvalue weighted by molar-refractivity contribution is -0.113. The number of carbonyl (C=O) groups excluding carboxylic acids is 1. The second kappa shape index (κ2) is 8.66. The number of hydrogen-bond acceptors (Lipinski definition) is 4. The molecule has 0 saturated carbocycles. The summed E-state index contributed by atoms with van der Waals surface area (Å²) in [6.45, 7) is 4.10. The lowest BCUT2D eigenvalue weighted by Crippen LogP contribution is -2.14. The van der Waals surface area contributed by atoms with E-state index in [4.69, 9.17) is 5.26 Å². The molecule has 0 heterocycles. The quantitative estimate of drug-likeness (QED) is 0.776. The van der Waals surface area contributed by atoms with Crippen LogP contribution in [0.25, 0.3) is 0 Å². The number of aryl methyl sites for hydroxylation is 2. The Labute approximate surface area is 145 Å². The first kappa shape index (κ1) is 17.5. The van der Waals surface area contributed by atoms with E-state index in [1.165, 1.54) is 22.9 Å². The summed E-state index contributed by atoms with van der Waals surface area (Å²) in [5.74, 6) is 0.687.